The van der Waals surface area contributed by atoms with Gasteiger partial charge in [0.2, 0.25) is 0 Å². The van der Waals surface area contributed by atoms with Crippen molar-refractivity contribution < 1.29 is 14.5 Å². The summed E-state index contributed by atoms with van der Waals surface area (Å²) in [5.41, 5.74) is 1.63. The fourth-order valence-corrected chi connectivity index (χ4v) is 1.91. The summed E-state index contributed by atoms with van der Waals surface area (Å²) < 4.78 is 5.06. The zero-order chi connectivity index (χ0) is 15.8. The van der Waals surface area contributed by atoms with Crippen LogP contribution >= 0.6 is 0 Å². The highest BCUT2D eigenvalue weighted by Crippen LogP contribution is 2.15. The Labute approximate surface area is 127 Å². The summed E-state index contributed by atoms with van der Waals surface area (Å²) in [6.07, 6.45) is 1.01. The van der Waals surface area contributed by atoms with Crippen molar-refractivity contribution in [2.45, 2.75) is 12.8 Å². The molecule has 0 saturated carbocycles. The first-order valence-electron chi connectivity index (χ1n) is 6.87. The van der Waals surface area contributed by atoms with Crippen LogP contribution in [0.15, 0.2) is 54.6 Å². The van der Waals surface area contributed by atoms with Crippen molar-refractivity contribution in [1.29, 1.82) is 0 Å². The summed E-state index contributed by atoms with van der Waals surface area (Å²) >= 11 is 0. The van der Waals surface area contributed by atoms with E-state index in [-0.39, 0.29) is 5.69 Å². The molecule has 0 aliphatic carbocycles. The van der Waals surface area contributed by atoms with Crippen molar-refractivity contribution in [3.8, 4) is 0 Å². The number of nitrogens with zero attached hydrogens (tertiary/aromatic N) is 1. The average Bonchev–Trinajstić information content (AvgIpc) is 2.53. The first kappa shape index (κ1) is 15.5. The number of nitro benzene ring substituents is 1. The molecule has 0 heterocycles. The van der Waals surface area contributed by atoms with Gasteiger partial charge >= 0.3 is 6.09 Å². The fourth-order valence-electron chi connectivity index (χ4n) is 1.91. The Morgan fingerprint density at radius 1 is 1.09 bits per heavy atom. The quantitative estimate of drug-likeness (QED) is 0.500. The highest BCUT2D eigenvalue weighted by Gasteiger charge is 2.06. The van der Waals surface area contributed by atoms with E-state index in [0.717, 1.165) is 12.8 Å². The lowest BCUT2D eigenvalue weighted by atomic mass is 10.1. The number of hydrogen-bond donors (Lipinski definition) is 1. The maximum Gasteiger partial charge on any atom is 0.411 e. The van der Waals surface area contributed by atoms with Crippen LogP contribution in [0.25, 0.3) is 0 Å². The molecule has 0 unspecified atom stereocenters. The predicted molar refractivity (Wildman–Crippen MR) is 82.8 cm³/mol. The minimum Gasteiger partial charge on any atom is -0.449 e. The summed E-state index contributed by atoms with van der Waals surface area (Å²) in [7, 11) is 0. The van der Waals surface area contributed by atoms with E-state index in [2.05, 4.69) is 5.32 Å². The van der Waals surface area contributed by atoms with Crippen LogP contribution in [0.5, 0.6) is 0 Å². The van der Waals surface area contributed by atoms with Crippen LogP contribution in [0.2, 0.25) is 0 Å². The van der Waals surface area contributed by atoms with Crippen molar-refractivity contribution in [1.82, 2.24) is 0 Å². The fraction of sp³-hybridized carbons (Fsp3) is 0.188. The first-order valence-corrected chi connectivity index (χ1v) is 6.87. The van der Waals surface area contributed by atoms with Crippen molar-refractivity contribution >= 4 is 17.5 Å². The molecule has 0 spiro atoms. The van der Waals surface area contributed by atoms with Gasteiger partial charge in [-0.3, -0.25) is 15.4 Å². The lowest BCUT2D eigenvalue weighted by molar-refractivity contribution is -0.384. The van der Waals surface area contributed by atoms with Crippen LogP contribution in [-0.4, -0.2) is 17.6 Å². The van der Waals surface area contributed by atoms with E-state index in [1.807, 2.05) is 30.3 Å². The molecule has 22 heavy (non-hydrogen) atoms. The molecule has 2 rings (SSSR count). The number of nitro groups is 1. The minimum atomic E-state index is -0.568. The van der Waals surface area contributed by atoms with Gasteiger partial charge in [0, 0.05) is 17.8 Å². The largest absolute Gasteiger partial charge is 0.449 e. The molecule has 2 aromatic carbocycles. The number of ether oxygens (including phenoxy) is 1. The number of non-ortho nitro benzene ring substituents is 1. The van der Waals surface area contributed by atoms with Gasteiger partial charge in [-0.05, 0) is 30.5 Å². The highest BCUT2D eigenvalue weighted by atomic mass is 16.6. The van der Waals surface area contributed by atoms with E-state index >= 15 is 0 Å². The smallest absolute Gasteiger partial charge is 0.411 e. The molecule has 0 aromatic heterocycles. The topological polar surface area (TPSA) is 81.5 Å². The first-order chi connectivity index (χ1) is 10.6. The lowest BCUT2D eigenvalue weighted by Crippen LogP contribution is -2.14. The van der Waals surface area contributed by atoms with E-state index in [9.17, 15) is 14.9 Å². The normalized spacial score (nSPS) is 10.0. The summed E-state index contributed by atoms with van der Waals surface area (Å²) in [5.74, 6) is 0. The molecule has 0 saturated heterocycles. The number of carbonyl (C=O) groups excluding carboxylic acids is 1. The number of benzene rings is 2. The second-order valence-electron chi connectivity index (χ2n) is 4.65. The van der Waals surface area contributed by atoms with Gasteiger partial charge in [0.15, 0.2) is 0 Å². The summed E-state index contributed by atoms with van der Waals surface area (Å²) in [6.45, 7) is 0.313. The molecule has 0 radical (unpaired) electrons. The molecule has 2 aromatic rings. The van der Waals surface area contributed by atoms with Crippen LogP contribution in [0, 0.1) is 10.1 Å². The molecule has 1 amide bonds. The molecular formula is C16H16N2O4. The molecule has 0 fully saturated rings. The average molecular weight is 300 g/mol. The zero-order valence-electron chi connectivity index (χ0n) is 11.9. The van der Waals surface area contributed by atoms with Crippen LogP contribution in [-0.2, 0) is 11.2 Å². The predicted octanol–water partition coefficient (Wildman–Crippen LogP) is 3.78. The Bertz CT molecular complexity index is 626. The van der Waals surface area contributed by atoms with Crippen LogP contribution in [0.3, 0.4) is 0 Å². The maximum absolute atomic E-state index is 11.6. The van der Waals surface area contributed by atoms with E-state index in [1.165, 1.54) is 29.8 Å². The van der Waals surface area contributed by atoms with E-state index in [1.54, 1.807) is 0 Å². The van der Waals surface area contributed by atoms with Gasteiger partial charge in [-0.1, -0.05) is 30.3 Å². The number of rotatable bonds is 6. The number of carbonyl (C=O) groups is 1. The lowest BCUT2D eigenvalue weighted by Gasteiger charge is -2.07. The van der Waals surface area contributed by atoms with Crippen molar-refractivity contribution in [3.05, 3.63) is 70.3 Å². The zero-order valence-corrected chi connectivity index (χ0v) is 11.9. The number of hydrogen-bond acceptors (Lipinski definition) is 4. The van der Waals surface area contributed by atoms with Gasteiger partial charge in [-0.25, -0.2) is 4.79 Å². The van der Waals surface area contributed by atoms with Gasteiger partial charge in [0.25, 0.3) is 5.69 Å². The van der Waals surface area contributed by atoms with Crippen LogP contribution < -0.4 is 5.32 Å². The van der Waals surface area contributed by atoms with Crippen molar-refractivity contribution in [2.24, 2.45) is 0 Å². The Morgan fingerprint density at radius 3 is 2.41 bits per heavy atom. The van der Waals surface area contributed by atoms with Gasteiger partial charge in [0.05, 0.1) is 11.5 Å². The van der Waals surface area contributed by atoms with Gasteiger partial charge in [0.1, 0.15) is 0 Å². The summed E-state index contributed by atoms with van der Waals surface area (Å²) in [6, 6.07) is 15.5. The maximum atomic E-state index is 11.6. The van der Waals surface area contributed by atoms with Crippen LogP contribution in [0.1, 0.15) is 12.0 Å². The number of aryl methyl sites for hydroxylation is 1. The Hall–Kier alpha value is -2.89. The highest BCUT2D eigenvalue weighted by molar-refractivity contribution is 5.84. The second kappa shape index (κ2) is 7.78. The third-order valence-electron chi connectivity index (χ3n) is 3.01. The third-order valence-corrected chi connectivity index (χ3v) is 3.01. The molecule has 6 nitrogen and oxygen atoms in total. The number of nitrogens with one attached hydrogen (secondary N) is 1. The van der Waals surface area contributed by atoms with E-state index in [4.69, 9.17) is 4.74 Å². The minimum absolute atomic E-state index is 0.0261. The van der Waals surface area contributed by atoms with E-state index in [0.29, 0.717) is 12.3 Å². The van der Waals surface area contributed by atoms with Crippen LogP contribution in [0.4, 0.5) is 16.2 Å². The standard InChI is InChI=1S/C16H16N2O4/c19-16(17-14-8-10-15(11-9-14)18(20)21)22-12-4-7-13-5-2-1-3-6-13/h1-3,5-6,8-11H,4,7,12H2,(H,17,19). The van der Waals surface area contributed by atoms with E-state index < -0.39 is 11.0 Å². The molecular weight excluding hydrogens is 284 g/mol. The van der Waals surface area contributed by atoms with Crippen molar-refractivity contribution in [3.63, 3.8) is 0 Å². The summed E-state index contributed by atoms with van der Waals surface area (Å²) in [5, 5.41) is 13.0. The molecule has 0 aliphatic rings. The molecule has 0 atom stereocenters. The molecule has 6 heteroatoms. The third kappa shape index (κ3) is 4.90. The number of amides is 1. The van der Waals surface area contributed by atoms with Gasteiger partial charge in [-0.2, -0.15) is 0 Å². The molecule has 114 valence electrons. The van der Waals surface area contributed by atoms with Crippen molar-refractivity contribution in [2.75, 3.05) is 11.9 Å². The SMILES string of the molecule is O=C(Nc1ccc([N+](=O)[O-])cc1)OCCCc1ccccc1. The molecule has 0 aliphatic heterocycles. The molecule has 0 bridgehead atoms. The second-order valence-corrected chi connectivity index (χ2v) is 4.65. The summed E-state index contributed by atoms with van der Waals surface area (Å²) in [4.78, 5) is 21.6. The Morgan fingerprint density at radius 2 is 1.77 bits per heavy atom. The molecule has 1 N–H and O–H groups in total. The Balaban J connectivity index is 1.70. The van der Waals surface area contributed by atoms with Gasteiger partial charge in [-0.15, -0.1) is 0 Å². The Kier molecular flexibility index (Phi) is 5.48. The number of anilines is 1. The monoisotopic (exact) mass is 300 g/mol. The van der Waals surface area contributed by atoms with Gasteiger partial charge < -0.3 is 4.74 Å².